The minimum Gasteiger partial charge on any atom is -0.459 e. The minimum atomic E-state index is -0.570. The maximum Gasteiger partial charge on any atom is 0.412 e. The van der Waals surface area contributed by atoms with Crippen LogP contribution in [0.25, 0.3) is 0 Å². The zero-order chi connectivity index (χ0) is 23.5. The Kier molecular flexibility index (Phi) is 12.4. The van der Waals surface area contributed by atoms with Gasteiger partial charge in [0.2, 0.25) is 0 Å². The third-order valence-corrected chi connectivity index (χ3v) is 4.20. The Morgan fingerprint density at radius 1 is 1.17 bits per heavy atom. The number of ether oxygens (including phenoxy) is 2. The number of halogens is 1. The van der Waals surface area contributed by atoms with Gasteiger partial charge in [-0.2, -0.15) is 0 Å². The molecule has 7 heteroatoms. The summed E-state index contributed by atoms with van der Waals surface area (Å²) in [6.07, 6.45) is -0.534. The number of rotatable bonds is 8. The van der Waals surface area contributed by atoms with E-state index in [9.17, 15) is 9.59 Å². The smallest absolute Gasteiger partial charge is 0.412 e. The van der Waals surface area contributed by atoms with Crippen molar-refractivity contribution >= 4 is 33.7 Å². The molecule has 1 rings (SSSR count). The van der Waals surface area contributed by atoms with Gasteiger partial charge in [0.15, 0.2) is 0 Å². The monoisotopic (exact) mass is 484 g/mol. The van der Waals surface area contributed by atoms with E-state index in [0.717, 1.165) is 4.47 Å². The molecule has 30 heavy (non-hydrogen) atoms. The normalized spacial score (nSPS) is 11.7. The van der Waals surface area contributed by atoms with Crippen molar-refractivity contribution in [1.29, 1.82) is 0 Å². The van der Waals surface area contributed by atoms with Gasteiger partial charge in [0.05, 0.1) is 0 Å². The highest BCUT2D eigenvalue weighted by molar-refractivity contribution is 9.10. The summed E-state index contributed by atoms with van der Waals surface area (Å²) in [5.74, 6) is -0.0871. The van der Waals surface area contributed by atoms with Crippen LogP contribution in [0.2, 0.25) is 0 Å². The molecule has 1 amide bonds. The Bertz CT molecular complexity index is 681. The predicted octanol–water partition coefficient (Wildman–Crippen LogP) is 6.23. The van der Waals surface area contributed by atoms with Gasteiger partial charge < -0.3 is 14.4 Å². The molecule has 0 saturated heterocycles. The Hall–Kier alpha value is -2.02. The summed E-state index contributed by atoms with van der Waals surface area (Å²) in [4.78, 5) is 26.1. The topological polar surface area (TPSA) is 67.9 Å². The molecule has 6 nitrogen and oxygen atoms in total. The van der Waals surface area contributed by atoms with E-state index < -0.39 is 17.8 Å². The molecule has 1 unspecified atom stereocenters. The summed E-state index contributed by atoms with van der Waals surface area (Å²) in [6.45, 7) is 17.6. The van der Waals surface area contributed by atoms with Gasteiger partial charge in [0, 0.05) is 22.9 Å². The number of carbonyl (C=O) groups excluding carboxylic acids is 2. The van der Waals surface area contributed by atoms with Crippen molar-refractivity contribution in [2.24, 2.45) is 5.92 Å². The Balaban J connectivity index is 0.00000407. The van der Waals surface area contributed by atoms with Gasteiger partial charge in [-0.15, -0.1) is 0 Å². The Labute approximate surface area is 190 Å². The highest BCUT2D eigenvalue weighted by atomic mass is 79.9. The van der Waals surface area contributed by atoms with E-state index in [2.05, 4.69) is 27.8 Å². The fraction of sp³-hybridized carbons (Fsp3) is 0.565. The average molecular weight is 485 g/mol. The third kappa shape index (κ3) is 11.9. The van der Waals surface area contributed by atoms with Crippen LogP contribution < -0.4 is 5.32 Å². The summed E-state index contributed by atoms with van der Waals surface area (Å²) >= 11 is 3.35. The van der Waals surface area contributed by atoms with Crippen molar-refractivity contribution in [2.75, 3.05) is 18.9 Å². The molecular weight excluding hydrogens is 448 g/mol. The van der Waals surface area contributed by atoms with E-state index in [1.165, 1.54) is 0 Å². The number of nitrogens with zero attached hydrogens (tertiary/aromatic N) is 1. The van der Waals surface area contributed by atoms with E-state index >= 15 is 0 Å². The first-order chi connectivity index (χ1) is 13.9. The van der Waals surface area contributed by atoms with Gasteiger partial charge in [0.25, 0.3) is 0 Å². The quantitative estimate of drug-likeness (QED) is 0.443. The molecule has 0 radical (unpaired) electrons. The Morgan fingerprint density at radius 2 is 1.70 bits per heavy atom. The first-order valence-electron chi connectivity index (χ1n) is 10.2. The second-order valence-corrected chi connectivity index (χ2v) is 9.00. The maximum absolute atomic E-state index is 12.3. The van der Waals surface area contributed by atoms with Crippen LogP contribution in [0, 0.1) is 5.92 Å². The van der Waals surface area contributed by atoms with Crippen LogP contribution in [0.15, 0.2) is 41.0 Å². The average Bonchev–Trinajstić information content (AvgIpc) is 2.62. The van der Waals surface area contributed by atoms with Crippen LogP contribution in [0.5, 0.6) is 0 Å². The zero-order valence-corrected chi connectivity index (χ0v) is 21.1. The fourth-order valence-corrected chi connectivity index (χ4v) is 2.67. The summed E-state index contributed by atoms with van der Waals surface area (Å²) in [5, 5.41) is 2.71. The molecule has 0 spiro atoms. The van der Waals surface area contributed by atoms with Crippen molar-refractivity contribution in [3.8, 4) is 0 Å². The summed E-state index contributed by atoms with van der Waals surface area (Å²) in [6, 6.07) is 7.20. The SMILES string of the molecule is C=C(C(CC(C)C)OC(=O)Nc1ccc(Br)cc1)N(C)CC(=O)OC(C)(C)C.CC. The van der Waals surface area contributed by atoms with Gasteiger partial charge in [-0.25, -0.2) is 4.79 Å². The number of anilines is 1. The Morgan fingerprint density at radius 3 is 2.17 bits per heavy atom. The summed E-state index contributed by atoms with van der Waals surface area (Å²) in [7, 11) is 1.73. The largest absolute Gasteiger partial charge is 0.459 e. The number of carbonyl (C=O) groups is 2. The molecule has 0 aliphatic heterocycles. The van der Waals surface area contributed by atoms with Gasteiger partial charge in [0.1, 0.15) is 18.2 Å². The lowest BCUT2D eigenvalue weighted by Gasteiger charge is -2.29. The third-order valence-electron chi connectivity index (χ3n) is 3.67. The lowest BCUT2D eigenvalue weighted by molar-refractivity contribution is -0.155. The number of hydrogen-bond acceptors (Lipinski definition) is 5. The van der Waals surface area contributed by atoms with Gasteiger partial charge in [-0.1, -0.05) is 50.2 Å². The first kappa shape index (κ1) is 28.0. The fourth-order valence-electron chi connectivity index (χ4n) is 2.40. The number of likely N-dealkylation sites (N-methyl/N-ethyl adjacent to an activating group) is 1. The summed E-state index contributed by atoms with van der Waals surface area (Å²) in [5.41, 5.74) is 0.618. The van der Waals surface area contributed by atoms with E-state index in [1.54, 1.807) is 24.1 Å². The second-order valence-electron chi connectivity index (χ2n) is 8.09. The van der Waals surface area contributed by atoms with Gasteiger partial charge in [-0.05, 0) is 57.4 Å². The molecule has 0 bridgehead atoms. The van der Waals surface area contributed by atoms with Crippen LogP contribution >= 0.6 is 15.9 Å². The van der Waals surface area contributed by atoms with E-state index in [4.69, 9.17) is 9.47 Å². The van der Waals surface area contributed by atoms with Crippen LogP contribution in [0.3, 0.4) is 0 Å². The molecule has 1 aromatic carbocycles. The molecule has 0 aliphatic rings. The van der Waals surface area contributed by atoms with Crippen molar-refractivity contribution in [1.82, 2.24) is 4.90 Å². The molecular formula is C23H37BrN2O4. The molecule has 0 heterocycles. The van der Waals surface area contributed by atoms with Crippen molar-refractivity contribution in [2.45, 2.75) is 66.6 Å². The molecule has 1 N–H and O–H groups in total. The van der Waals surface area contributed by atoms with Crippen molar-refractivity contribution < 1.29 is 19.1 Å². The number of benzene rings is 1. The molecule has 0 aromatic heterocycles. The van der Waals surface area contributed by atoms with Gasteiger partial charge >= 0.3 is 12.1 Å². The first-order valence-corrected chi connectivity index (χ1v) is 11.0. The van der Waals surface area contributed by atoms with E-state index in [-0.39, 0.29) is 18.4 Å². The van der Waals surface area contributed by atoms with Gasteiger partial charge in [-0.3, -0.25) is 10.1 Å². The summed E-state index contributed by atoms with van der Waals surface area (Å²) < 4.78 is 11.9. The number of esters is 1. The number of nitrogens with one attached hydrogen (secondary N) is 1. The molecule has 1 aromatic rings. The number of amides is 1. The highest BCUT2D eigenvalue weighted by Crippen LogP contribution is 2.20. The number of hydrogen-bond donors (Lipinski definition) is 1. The zero-order valence-electron chi connectivity index (χ0n) is 19.5. The van der Waals surface area contributed by atoms with E-state index in [0.29, 0.717) is 17.8 Å². The maximum atomic E-state index is 12.3. The highest BCUT2D eigenvalue weighted by Gasteiger charge is 2.25. The van der Waals surface area contributed by atoms with E-state index in [1.807, 2.05) is 60.6 Å². The second kappa shape index (κ2) is 13.3. The minimum absolute atomic E-state index is 0.0301. The molecule has 170 valence electrons. The molecule has 0 aliphatic carbocycles. The lowest BCUT2D eigenvalue weighted by Crippen LogP contribution is -2.37. The van der Waals surface area contributed by atoms with Crippen LogP contribution in [0.1, 0.15) is 54.9 Å². The molecule has 0 fully saturated rings. The standard InChI is InChI=1S/C21H31BrN2O4.C2H6/c1-14(2)12-18(15(3)24(7)13-19(25)28-21(4,5)6)27-20(26)23-17-10-8-16(22)9-11-17;1-2/h8-11,14,18H,3,12-13H2,1-2,4-7H3,(H,23,26);1-2H3. The van der Waals surface area contributed by atoms with Crippen LogP contribution in [0.4, 0.5) is 10.5 Å². The molecule has 0 saturated carbocycles. The lowest BCUT2D eigenvalue weighted by atomic mass is 10.0. The predicted molar refractivity (Wildman–Crippen MR) is 126 cm³/mol. The van der Waals surface area contributed by atoms with Crippen LogP contribution in [-0.4, -0.2) is 42.3 Å². The molecule has 1 atom stereocenters. The van der Waals surface area contributed by atoms with Crippen molar-refractivity contribution in [3.05, 3.63) is 41.0 Å². The van der Waals surface area contributed by atoms with Crippen LogP contribution in [-0.2, 0) is 14.3 Å². The van der Waals surface area contributed by atoms with Crippen molar-refractivity contribution in [3.63, 3.8) is 0 Å².